The number of rotatable bonds is 5. The van der Waals surface area contributed by atoms with Crippen molar-refractivity contribution in [1.29, 1.82) is 0 Å². The zero-order chi connectivity index (χ0) is 22.8. The van der Waals surface area contributed by atoms with Crippen molar-refractivity contribution in [3.63, 3.8) is 0 Å². The SMILES string of the molecule is COCc1nc(OC)c2c(C)c(C(=O)N3CCC(C(=O)N4CCN(C)CC4)CC3)sc2n1. The summed E-state index contributed by atoms with van der Waals surface area (Å²) in [4.78, 5) is 42.7. The number of likely N-dealkylation sites (N-methyl/N-ethyl adjacent to an activating group) is 1. The zero-order valence-electron chi connectivity index (χ0n) is 19.2. The van der Waals surface area contributed by atoms with Crippen LogP contribution >= 0.6 is 11.3 Å². The molecule has 10 heteroatoms. The molecule has 2 amide bonds. The van der Waals surface area contributed by atoms with Gasteiger partial charge in [-0.1, -0.05) is 0 Å². The molecule has 0 aliphatic carbocycles. The van der Waals surface area contributed by atoms with Gasteiger partial charge >= 0.3 is 0 Å². The largest absolute Gasteiger partial charge is 0.480 e. The molecular formula is C22H31N5O4S. The van der Waals surface area contributed by atoms with Crippen molar-refractivity contribution >= 4 is 33.4 Å². The lowest BCUT2D eigenvalue weighted by Gasteiger charge is -2.37. The maximum absolute atomic E-state index is 13.3. The highest BCUT2D eigenvalue weighted by Gasteiger charge is 2.33. The lowest BCUT2D eigenvalue weighted by molar-refractivity contribution is -0.138. The molecule has 2 aliphatic heterocycles. The molecule has 0 radical (unpaired) electrons. The quantitative estimate of drug-likeness (QED) is 0.671. The number of hydrogen-bond acceptors (Lipinski definition) is 8. The summed E-state index contributed by atoms with van der Waals surface area (Å²) in [6.07, 6.45) is 1.42. The lowest BCUT2D eigenvalue weighted by atomic mass is 9.94. The number of thiophene rings is 1. The number of fused-ring (bicyclic) bond motifs is 1. The van der Waals surface area contributed by atoms with Crippen molar-refractivity contribution in [2.75, 3.05) is 60.5 Å². The molecule has 0 saturated carbocycles. The minimum Gasteiger partial charge on any atom is -0.480 e. The summed E-state index contributed by atoms with van der Waals surface area (Å²) in [6.45, 7) is 6.81. The van der Waals surface area contributed by atoms with Crippen molar-refractivity contribution in [3.8, 4) is 5.88 Å². The number of carbonyl (C=O) groups is 2. The van der Waals surface area contributed by atoms with Gasteiger partial charge in [0.1, 0.15) is 11.4 Å². The van der Waals surface area contributed by atoms with Gasteiger partial charge in [0.2, 0.25) is 11.8 Å². The minimum absolute atomic E-state index is 0.00789. The fraction of sp³-hybridized carbons (Fsp3) is 0.636. The summed E-state index contributed by atoms with van der Waals surface area (Å²) in [5.74, 6) is 1.24. The van der Waals surface area contributed by atoms with E-state index in [-0.39, 0.29) is 24.3 Å². The molecule has 2 aromatic rings. The maximum atomic E-state index is 13.3. The molecule has 0 atom stereocenters. The van der Waals surface area contributed by atoms with Crippen LogP contribution in [0.5, 0.6) is 5.88 Å². The second-order valence-electron chi connectivity index (χ2n) is 8.51. The van der Waals surface area contributed by atoms with Crippen LogP contribution in [-0.2, 0) is 16.1 Å². The number of aromatic nitrogens is 2. The molecule has 0 spiro atoms. The zero-order valence-corrected chi connectivity index (χ0v) is 20.0. The third-order valence-corrected chi connectivity index (χ3v) is 7.58. The molecule has 2 fully saturated rings. The summed E-state index contributed by atoms with van der Waals surface area (Å²) < 4.78 is 10.6. The summed E-state index contributed by atoms with van der Waals surface area (Å²) >= 11 is 1.37. The molecule has 0 N–H and O–H groups in total. The topological polar surface area (TPSA) is 88.1 Å². The Kier molecular flexibility index (Phi) is 6.92. The fourth-order valence-corrected chi connectivity index (χ4v) is 5.61. The Morgan fingerprint density at radius 2 is 1.72 bits per heavy atom. The van der Waals surface area contributed by atoms with E-state index < -0.39 is 0 Å². The van der Waals surface area contributed by atoms with E-state index in [1.165, 1.54) is 11.3 Å². The van der Waals surface area contributed by atoms with Crippen LogP contribution < -0.4 is 4.74 Å². The van der Waals surface area contributed by atoms with Gasteiger partial charge in [0.25, 0.3) is 5.91 Å². The van der Waals surface area contributed by atoms with E-state index in [1.807, 2.05) is 16.7 Å². The van der Waals surface area contributed by atoms with Gasteiger partial charge in [-0.05, 0) is 32.4 Å². The second-order valence-corrected chi connectivity index (χ2v) is 9.51. The van der Waals surface area contributed by atoms with E-state index in [0.29, 0.717) is 42.5 Å². The van der Waals surface area contributed by atoms with Gasteiger partial charge in [0.15, 0.2) is 5.82 Å². The summed E-state index contributed by atoms with van der Waals surface area (Å²) in [5, 5.41) is 0.779. The Morgan fingerprint density at radius 1 is 1.03 bits per heavy atom. The molecular weight excluding hydrogens is 430 g/mol. The number of amides is 2. The molecule has 4 heterocycles. The fourth-order valence-electron chi connectivity index (χ4n) is 4.45. The van der Waals surface area contributed by atoms with Crippen molar-refractivity contribution in [1.82, 2.24) is 24.7 Å². The smallest absolute Gasteiger partial charge is 0.264 e. The van der Waals surface area contributed by atoms with Gasteiger partial charge in [-0.15, -0.1) is 11.3 Å². The Balaban J connectivity index is 1.46. The molecule has 2 saturated heterocycles. The van der Waals surface area contributed by atoms with E-state index >= 15 is 0 Å². The number of likely N-dealkylation sites (tertiary alicyclic amines) is 1. The number of piperazine rings is 1. The van der Waals surface area contributed by atoms with E-state index in [2.05, 4.69) is 21.9 Å². The molecule has 174 valence electrons. The van der Waals surface area contributed by atoms with Crippen LogP contribution in [0.25, 0.3) is 10.2 Å². The molecule has 9 nitrogen and oxygen atoms in total. The highest BCUT2D eigenvalue weighted by atomic mass is 32.1. The molecule has 2 aromatic heterocycles. The van der Waals surface area contributed by atoms with Crippen LogP contribution in [0, 0.1) is 12.8 Å². The summed E-state index contributed by atoms with van der Waals surface area (Å²) in [5.41, 5.74) is 0.839. The average molecular weight is 462 g/mol. The second kappa shape index (κ2) is 9.68. The molecule has 0 bridgehead atoms. The Labute approximate surface area is 192 Å². The number of hydrogen-bond donors (Lipinski definition) is 0. The first-order chi connectivity index (χ1) is 15.4. The molecule has 2 aliphatic rings. The average Bonchev–Trinajstić information content (AvgIpc) is 3.14. The normalized spacial score (nSPS) is 18.4. The first kappa shape index (κ1) is 22.9. The van der Waals surface area contributed by atoms with E-state index in [1.54, 1.807) is 14.2 Å². The number of aryl methyl sites for hydroxylation is 1. The highest BCUT2D eigenvalue weighted by Crippen LogP contribution is 2.36. The standard InChI is InChI=1S/C22H31N5O4S/c1-14-17-19(31-4)23-16(13-30-3)24-20(17)32-18(14)22(29)26-7-5-15(6-8-26)21(28)27-11-9-25(2)10-12-27/h15H,5-13H2,1-4H3. The monoisotopic (exact) mass is 461 g/mol. The predicted molar refractivity (Wildman–Crippen MR) is 122 cm³/mol. The van der Waals surface area contributed by atoms with Gasteiger partial charge in [0, 0.05) is 52.3 Å². The van der Waals surface area contributed by atoms with Crippen molar-refractivity contribution < 1.29 is 19.1 Å². The number of ether oxygens (including phenoxy) is 2. The third kappa shape index (κ3) is 4.44. The number of piperidine rings is 1. The van der Waals surface area contributed by atoms with Crippen LogP contribution in [0.15, 0.2) is 0 Å². The molecule has 0 aromatic carbocycles. The highest BCUT2D eigenvalue weighted by molar-refractivity contribution is 7.20. The van der Waals surface area contributed by atoms with Crippen LogP contribution in [-0.4, -0.2) is 97.0 Å². The Bertz CT molecular complexity index is 994. The summed E-state index contributed by atoms with van der Waals surface area (Å²) in [6, 6.07) is 0. The van der Waals surface area contributed by atoms with Gasteiger partial charge in [0.05, 0.1) is 17.4 Å². The van der Waals surface area contributed by atoms with E-state index in [0.717, 1.165) is 42.0 Å². The van der Waals surface area contributed by atoms with Crippen molar-refractivity contribution in [2.24, 2.45) is 5.92 Å². The van der Waals surface area contributed by atoms with Gasteiger partial charge in [-0.3, -0.25) is 9.59 Å². The molecule has 0 unspecified atom stereocenters. The first-order valence-electron chi connectivity index (χ1n) is 11.0. The van der Waals surface area contributed by atoms with Crippen LogP contribution in [0.2, 0.25) is 0 Å². The maximum Gasteiger partial charge on any atom is 0.264 e. The third-order valence-electron chi connectivity index (χ3n) is 6.41. The molecule has 4 rings (SSSR count). The number of nitrogens with zero attached hydrogens (tertiary/aromatic N) is 5. The van der Waals surface area contributed by atoms with Crippen molar-refractivity contribution in [3.05, 3.63) is 16.3 Å². The number of methoxy groups -OCH3 is 2. The first-order valence-corrected chi connectivity index (χ1v) is 11.8. The van der Waals surface area contributed by atoms with Crippen molar-refractivity contribution in [2.45, 2.75) is 26.4 Å². The minimum atomic E-state index is -0.00802. The van der Waals surface area contributed by atoms with Crippen LogP contribution in [0.1, 0.15) is 33.9 Å². The van der Waals surface area contributed by atoms with Crippen LogP contribution in [0.3, 0.4) is 0 Å². The van der Waals surface area contributed by atoms with Gasteiger partial charge in [-0.25, -0.2) is 4.98 Å². The number of carbonyl (C=O) groups excluding carboxylic acids is 2. The van der Waals surface area contributed by atoms with Crippen LogP contribution in [0.4, 0.5) is 0 Å². The van der Waals surface area contributed by atoms with E-state index in [9.17, 15) is 9.59 Å². The van der Waals surface area contributed by atoms with Gasteiger partial charge < -0.3 is 24.2 Å². The summed E-state index contributed by atoms with van der Waals surface area (Å²) in [7, 11) is 5.24. The molecule has 32 heavy (non-hydrogen) atoms. The predicted octanol–water partition coefficient (Wildman–Crippen LogP) is 1.78. The lowest BCUT2D eigenvalue weighted by Crippen LogP contribution is -2.51. The Hall–Kier alpha value is -2.30. The van der Waals surface area contributed by atoms with Gasteiger partial charge in [-0.2, -0.15) is 4.98 Å². The van der Waals surface area contributed by atoms with E-state index in [4.69, 9.17) is 9.47 Å². The Morgan fingerprint density at radius 3 is 2.34 bits per heavy atom.